The van der Waals surface area contributed by atoms with E-state index in [1.54, 1.807) is 30.2 Å². The van der Waals surface area contributed by atoms with E-state index >= 15 is 0 Å². The van der Waals surface area contributed by atoms with Crippen molar-refractivity contribution in [2.75, 3.05) is 51.3 Å². The van der Waals surface area contributed by atoms with Crippen molar-refractivity contribution in [3.8, 4) is 5.75 Å². The second kappa shape index (κ2) is 12.1. The summed E-state index contributed by atoms with van der Waals surface area (Å²) in [6.07, 6.45) is 0.877. The number of nitrogens with zero attached hydrogens (tertiary/aromatic N) is 4. The van der Waals surface area contributed by atoms with Crippen LogP contribution in [0, 0.1) is 5.92 Å². The maximum absolute atomic E-state index is 13.9. The van der Waals surface area contributed by atoms with Crippen LogP contribution in [0.15, 0.2) is 28.5 Å². The van der Waals surface area contributed by atoms with E-state index in [4.69, 9.17) is 32.9 Å². The first-order valence-corrected chi connectivity index (χ1v) is 15.9. The first-order chi connectivity index (χ1) is 17.7. The molecule has 0 radical (unpaired) electrons. The van der Waals surface area contributed by atoms with Crippen molar-refractivity contribution in [3.63, 3.8) is 0 Å². The molecule has 1 fully saturated rings. The number of ether oxygens (including phenoxy) is 1. The van der Waals surface area contributed by atoms with Crippen molar-refractivity contribution in [3.05, 3.63) is 33.6 Å². The van der Waals surface area contributed by atoms with Crippen LogP contribution in [0.5, 0.6) is 5.75 Å². The third-order valence-corrected chi connectivity index (χ3v) is 11.8. The lowest BCUT2D eigenvalue weighted by Gasteiger charge is -2.33. The Morgan fingerprint density at radius 2 is 1.81 bits per heavy atom. The minimum atomic E-state index is -3.62. The van der Waals surface area contributed by atoms with Gasteiger partial charge in [0, 0.05) is 32.1 Å². The first-order valence-electron chi connectivity index (χ1n) is 12.1. The summed E-state index contributed by atoms with van der Waals surface area (Å²) in [6, 6.07) is 6.65. The molecule has 4 rings (SSSR count). The van der Waals surface area contributed by atoms with Crippen LogP contribution in [0.25, 0.3) is 10.2 Å². The van der Waals surface area contributed by atoms with Gasteiger partial charge in [-0.05, 0) is 50.2 Å². The smallest absolute Gasteiger partial charge is 0.252 e. The quantitative estimate of drug-likeness (QED) is 0.306. The lowest BCUT2D eigenvalue weighted by molar-refractivity contribution is -0.123. The molecular weight excluding hydrogens is 575 g/mol. The van der Waals surface area contributed by atoms with Crippen LogP contribution in [-0.2, 0) is 14.8 Å². The minimum Gasteiger partial charge on any atom is -0.494 e. The molecule has 1 saturated heterocycles. The van der Waals surface area contributed by atoms with Gasteiger partial charge >= 0.3 is 0 Å². The summed E-state index contributed by atoms with van der Waals surface area (Å²) in [5.41, 5.74) is 0.631. The van der Waals surface area contributed by atoms with Crippen molar-refractivity contribution in [1.82, 2.24) is 14.2 Å². The van der Waals surface area contributed by atoms with Gasteiger partial charge in [-0.1, -0.05) is 48.4 Å². The fraction of sp³-hybridized carbons (Fsp3) is 0.500. The van der Waals surface area contributed by atoms with Gasteiger partial charge in [0.1, 0.15) is 15.5 Å². The number of thiophene rings is 1. The van der Waals surface area contributed by atoms with E-state index in [0.717, 1.165) is 29.1 Å². The average molecular weight is 606 g/mol. The molecule has 1 aliphatic rings. The van der Waals surface area contributed by atoms with Gasteiger partial charge in [0.05, 0.1) is 21.2 Å². The second-order valence-electron chi connectivity index (χ2n) is 8.68. The molecule has 0 N–H and O–H groups in total. The number of anilines is 1. The number of sulfonamides is 1. The molecule has 2 aromatic heterocycles. The molecule has 1 aromatic carbocycles. The van der Waals surface area contributed by atoms with Crippen LogP contribution in [-0.4, -0.2) is 74.9 Å². The number of hydrogen-bond acceptors (Lipinski definition) is 8. The zero-order valence-electron chi connectivity index (χ0n) is 20.9. The van der Waals surface area contributed by atoms with Gasteiger partial charge in [0.25, 0.3) is 10.0 Å². The molecule has 0 spiro atoms. The van der Waals surface area contributed by atoms with Crippen LogP contribution < -0.4 is 9.64 Å². The van der Waals surface area contributed by atoms with Gasteiger partial charge in [0.15, 0.2) is 5.13 Å². The number of aromatic nitrogens is 1. The van der Waals surface area contributed by atoms with Crippen LogP contribution in [0.1, 0.15) is 26.7 Å². The lowest BCUT2D eigenvalue weighted by atomic mass is 9.96. The van der Waals surface area contributed by atoms with Gasteiger partial charge in [0.2, 0.25) is 5.91 Å². The summed E-state index contributed by atoms with van der Waals surface area (Å²) in [5.74, 6) is 0.252. The highest BCUT2D eigenvalue weighted by molar-refractivity contribution is 7.91. The Kier molecular flexibility index (Phi) is 9.37. The molecule has 37 heavy (non-hydrogen) atoms. The fourth-order valence-electron chi connectivity index (χ4n) is 4.43. The molecular formula is C24H30Cl2N4O4S3. The van der Waals surface area contributed by atoms with E-state index in [-0.39, 0.29) is 29.1 Å². The van der Waals surface area contributed by atoms with Crippen molar-refractivity contribution >= 4 is 77.2 Å². The Hall–Kier alpha value is -1.47. The molecule has 3 aromatic rings. The predicted octanol–water partition coefficient (Wildman–Crippen LogP) is 5.45. The van der Waals surface area contributed by atoms with Gasteiger partial charge in [-0.3, -0.25) is 9.69 Å². The third kappa shape index (κ3) is 6.08. The Bertz CT molecular complexity index is 1350. The second-order valence-corrected chi connectivity index (χ2v) is 13.9. The summed E-state index contributed by atoms with van der Waals surface area (Å²) in [4.78, 5) is 22.6. The predicted molar refractivity (Wildman–Crippen MR) is 152 cm³/mol. The Labute approximate surface area is 235 Å². The molecule has 202 valence electrons. The standard InChI is InChI=1S/C24H30Cl2N4O4S3/c1-4-28(5-2)14-15-30(24-27-21-18(34-3)7-6-17(25)22(21)36-24)23(31)16-10-12-29(13-11-16)37(32,33)20-9-8-19(26)35-20/h6-9,16H,4-5,10-15H2,1-3H3. The molecule has 0 saturated carbocycles. The monoisotopic (exact) mass is 604 g/mol. The van der Waals surface area contributed by atoms with Crippen LogP contribution in [0.3, 0.4) is 0 Å². The van der Waals surface area contributed by atoms with Gasteiger partial charge < -0.3 is 9.64 Å². The fourth-order valence-corrected chi connectivity index (χ4v) is 8.82. The highest BCUT2D eigenvalue weighted by Crippen LogP contribution is 2.39. The number of carbonyl (C=O) groups excluding carboxylic acids is 1. The van der Waals surface area contributed by atoms with Gasteiger partial charge in [-0.15, -0.1) is 11.3 Å². The molecule has 8 nitrogen and oxygen atoms in total. The van der Waals surface area contributed by atoms with E-state index in [1.165, 1.54) is 21.7 Å². The highest BCUT2D eigenvalue weighted by atomic mass is 35.5. The largest absolute Gasteiger partial charge is 0.494 e. The van der Waals surface area contributed by atoms with E-state index in [2.05, 4.69) is 18.7 Å². The zero-order chi connectivity index (χ0) is 26.7. The number of methoxy groups -OCH3 is 1. The molecule has 3 heterocycles. The number of thiazole rings is 1. The number of hydrogen-bond donors (Lipinski definition) is 0. The zero-order valence-corrected chi connectivity index (χ0v) is 24.9. The molecule has 0 atom stereocenters. The number of rotatable bonds is 10. The number of amides is 1. The lowest BCUT2D eigenvalue weighted by Crippen LogP contribution is -2.46. The number of carbonyl (C=O) groups is 1. The molecule has 0 aliphatic carbocycles. The molecule has 1 amide bonds. The van der Waals surface area contributed by atoms with Crippen LogP contribution in [0.2, 0.25) is 9.36 Å². The first kappa shape index (κ1) is 28.5. The van der Waals surface area contributed by atoms with E-state index in [0.29, 0.717) is 51.7 Å². The number of fused-ring (bicyclic) bond motifs is 1. The molecule has 1 aliphatic heterocycles. The Morgan fingerprint density at radius 1 is 1.11 bits per heavy atom. The summed E-state index contributed by atoms with van der Waals surface area (Å²) >= 11 is 14.8. The highest BCUT2D eigenvalue weighted by Gasteiger charge is 2.35. The summed E-state index contributed by atoms with van der Waals surface area (Å²) in [7, 11) is -2.04. The normalized spacial score (nSPS) is 15.5. The molecule has 0 unspecified atom stereocenters. The number of benzene rings is 1. The Morgan fingerprint density at radius 3 is 2.41 bits per heavy atom. The number of likely N-dealkylation sites (N-methyl/N-ethyl adjacent to an activating group) is 1. The van der Waals surface area contributed by atoms with E-state index in [1.807, 2.05) is 0 Å². The van der Waals surface area contributed by atoms with Crippen LogP contribution in [0.4, 0.5) is 5.13 Å². The molecule has 13 heteroatoms. The SMILES string of the molecule is CCN(CC)CCN(C(=O)C1CCN(S(=O)(=O)c2ccc(Cl)s2)CC1)c1nc2c(OC)ccc(Cl)c2s1. The number of piperidine rings is 1. The third-order valence-electron chi connectivity index (χ3n) is 6.64. The summed E-state index contributed by atoms with van der Waals surface area (Å²) < 4.78 is 34.4. The maximum atomic E-state index is 13.9. The van der Waals surface area contributed by atoms with Crippen molar-refractivity contribution in [2.45, 2.75) is 30.9 Å². The maximum Gasteiger partial charge on any atom is 0.252 e. The minimum absolute atomic E-state index is 0.0440. The van der Waals surface area contributed by atoms with Crippen molar-refractivity contribution in [2.24, 2.45) is 5.92 Å². The molecule has 0 bridgehead atoms. The van der Waals surface area contributed by atoms with Gasteiger partial charge in [-0.2, -0.15) is 4.31 Å². The van der Waals surface area contributed by atoms with E-state index in [9.17, 15) is 13.2 Å². The number of halogens is 2. The Balaban J connectivity index is 1.56. The topological polar surface area (TPSA) is 83.0 Å². The summed E-state index contributed by atoms with van der Waals surface area (Å²) in [6.45, 7) is 7.67. The van der Waals surface area contributed by atoms with E-state index < -0.39 is 10.0 Å². The van der Waals surface area contributed by atoms with Crippen molar-refractivity contribution < 1.29 is 17.9 Å². The van der Waals surface area contributed by atoms with Crippen LogP contribution >= 0.6 is 45.9 Å². The van der Waals surface area contributed by atoms with Gasteiger partial charge in [-0.25, -0.2) is 13.4 Å². The summed E-state index contributed by atoms with van der Waals surface area (Å²) in [5, 5.41) is 1.13. The van der Waals surface area contributed by atoms with Crippen molar-refractivity contribution in [1.29, 1.82) is 0 Å². The average Bonchev–Trinajstić information content (AvgIpc) is 3.54.